The Balaban J connectivity index is 1.24. The van der Waals surface area contributed by atoms with E-state index in [0.717, 1.165) is 0 Å². The number of benzene rings is 9. The first kappa shape index (κ1) is 29.9. The van der Waals surface area contributed by atoms with Crippen LogP contribution in [0.3, 0.4) is 0 Å². The van der Waals surface area contributed by atoms with Gasteiger partial charge in [0.05, 0.1) is 0 Å². The summed E-state index contributed by atoms with van der Waals surface area (Å²) in [5.41, 5.74) is 11.2. The van der Waals surface area contributed by atoms with Gasteiger partial charge in [0, 0.05) is 11.7 Å². The van der Waals surface area contributed by atoms with Gasteiger partial charge in [0.25, 0.3) is 0 Å². The first-order valence-electron chi connectivity index (χ1n) is 17.5. The molecule has 0 aromatic heterocycles. The molecular formula is C49H37N. The van der Waals surface area contributed by atoms with Crippen LogP contribution in [-0.2, 0) is 0 Å². The zero-order valence-corrected chi connectivity index (χ0v) is 28.3. The molecule has 9 aromatic rings. The van der Waals surface area contributed by atoms with Crippen molar-refractivity contribution in [1.82, 2.24) is 0 Å². The van der Waals surface area contributed by atoms with E-state index >= 15 is 0 Å². The lowest BCUT2D eigenvalue weighted by atomic mass is 9.84. The molecular weight excluding hydrogens is 603 g/mol. The molecule has 0 aliphatic heterocycles. The standard InChI is InChI=1S/C49H37N/c1-32-11-3-10-18-47(32)50-33(2)34-19-21-37(22-20-34)40-27-28-45-46(31-40)49(42-26-24-36-13-5-7-15-39(36)30-42)44-17-9-8-16-43(44)48(45)41-25-23-35-12-4-6-14-38(35)29-41/h3-31,33,50H,1-2H3. The van der Waals surface area contributed by atoms with Crippen molar-refractivity contribution in [2.45, 2.75) is 19.9 Å². The molecule has 0 radical (unpaired) electrons. The second kappa shape index (κ2) is 12.4. The fourth-order valence-corrected chi connectivity index (χ4v) is 7.69. The number of aryl methyl sites for hydroxylation is 1. The number of fused-ring (bicyclic) bond motifs is 4. The van der Waals surface area contributed by atoms with Crippen molar-refractivity contribution < 1.29 is 0 Å². The zero-order chi connectivity index (χ0) is 33.6. The van der Waals surface area contributed by atoms with Crippen LogP contribution in [0.15, 0.2) is 176 Å². The highest BCUT2D eigenvalue weighted by atomic mass is 14.9. The minimum atomic E-state index is 0.192. The predicted molar refractivity (Wildman–Crippen MR) is 216 cm³/mol. The van der Waals surface area contributed by atoms with Gasteiger partial charge in [0.2, 0.25) is 0 Å². The maximum atomic E-state index is 3.70. The Labute approximate surface area is 293 Å². The average Bonchev–Trinajstić information content (AvgIpc) is 3.17. The fraction of sp³-hybridized carbons (Fsp3) is 0.0612. The van der Waals surface area contributed by atoms with Crippen LogP contribution >= 0.6 is 0 Å². The Morgan fingerprint density at radius 2 is 0.860 bits per heavy atom. The largest absolute Gasteiger partial charge is 0.378 e. The van der Waals surface area contributed by atoms with Crippen molar-refractivity contribution in [3.8, 4) is 33.4 Å². The van der Waals surface area contributed by atoms with Crippen molar-refractivity contribution in [1.29, 1.82) is 0 Å². The van der Waals surface area contributed by atoms with Gasteiger partial charge in [-0.2, -0.15) is 0 Å². The number of hydrogen-bond donors (Lipinski definition) is 1. The maximum Gasteiger partial charge on any atom is 0.0485 e. The van der Waals surface area contributed by atoms with Crippen molar-refractivity contribution in [2.75, 3.05) is 5.32 Å². The molecule has 0 bridgehead atoms. The molecule has 0 spiro atoms. The minimum absolute atomic E-state index is 0.192. The van der Waals surface area contributed by atoms with Gasteiger partial charge in [0.15, 0.2) is 0 Å². The highest BCUT2D eigenvalue weighted by Crippen LogP contribution is 2.45. The minimum Gasteiger partial charge on any atom is -0.378 e. The van der Waals surface area contributed by atoms with Crippen LogP contribution in [0, 0.1) is 6.92 Å². The van der Waals surface area contributed by atoms with Gasteiger partial charge in [-0.25, -0.2) is 0 Å². The molecule has 9 aromatic carbocycles. The SMILES string of the molecule is Cc1ccccc1NC(C)c1ccc(-c2ccc3c(-c4ccc5ccccc5c4)c4ccccc4c(-c4ccc5ccccc5c4)c3c2)cc1. The van der Waals surface area contributed by atoms with Crippen LogP contribution in [0.25, 0.3) is 76.5 Å². The summed E-state index contributed by atoms with van der Waals surface area (Å²) in [6.07, 6.45) is 0. The summed E-state index contributed by atoms with van der Waals surface area (Å²) >= 11 is 0. The van der Waals surface area contributed by atoms with Crippen LogP contribution in [-0.4, -0.2) is 0 Å². The number of nitrogens with one attached hydrogen (secondary N) is 1. The summed E-state index contributed by atoms with van der Waals surface area (Å²) < 4.78 is 0. The lowest BCUT2D eigenvalue weighted by molar-refractivity contribution is 0.883. The molecule has 0 aliphatic carbocycles. The predicted octanol–water partition coefficient (Wildman–Crippen LogP) is 13.8. The summed E-state index contributed by atoms with van der Waals surface area (Å²) in [5.74, 6) is 0. The monoisotopic (exact) mass is 639 g/mol. The van der Waals surface area contributed by atoms with Gasteiger partial charge in [0.1, 0.15) is 0 Å². The molecule has 1 atom stereocenters. The van der Waals surface area contributed by atoms with E-state index in [4.69, 9.17) is 0 Å². The second-order valence-corrected chi connectivity index (χ2v) is 13.5. The van der Waals surface area contributed by atoms with Gasteiger partial charge in [-0.3, -0.25) is 0 Å². The van der Waals surface area contributed by atoms with Gasteiger partial charge in [-0.15, -0.1) is 0 Å². The highest BCUT2D eigenvalue weighted by molar-refractivity contribution is 6.22. The molecule has 0 amide bonds. The summed E-state index contributed by atoms with van der Waals surface area (Å²) in [6, 6.07) is 64.9. The molecule has 50 heavy (non-hydrogen) atoms. The van der Waals surface area contributed by atoms with Crippen molar-refractivity contribution in [2.24, 2.45) is 0 Å². The van der Waals surface area contributed by atoms with Crippen LogP contribution in [0.2, 0.25) is 0 Å². The first-order chi connectivity index (χ1) is 24.6. The molecule has 0 saturated carbocycles. The summed E-state index contributed by atoms with van der Waals surface area (Å²) in [7, 11) is 0. The van der Waals surface area contributed by atoms with E-state index < -0.39 is 0 Å². The molecule has 1 nitrogen and oxygen atoms in total. The van der Waals surface area contributed by atoms with E-state index in [-0.39, 0.29) is 6.04 Å². The van der Waals surface area contributed by atoms with Crippen molar-refractivity contribution in [3.05, 3.63) is 187 Å². The third-order valence-electron chi connectivity index (χ3n) is 10.4. The quantitative estimate of drug-likeness (QED) is 0.179. The van der Waals surface area contributed by atoms with Crippen LogP contribution < -0.4 is 5.32 Å². The van der Waals surface area contributed by atoms with E-state index in [2.05, 4.69) is 195 Å². The molecule has 9 rings (SSSR count). The van der Waals surface area contributed by atoms with Gasteiger partial charge < -0.3 is 5.32 Å². The molecule has 1 heteroatoms. The highest BCUT2D eigenvalue weighted by Gasteiger charge is 2.18. The number of rotatable bonds is 6. The van der Waals surface area contributed by atoms with Gasteiger partial charge in [-0.05, 0) is 126 Å². The molecule has 238 valence electrons. The first-order valence-corrected chi connectivity index (χ1v) is 17.5. The van der Waals surface area contributed by atoms with Crippen LogP contribution in [0.5, 0.6) is 0 Å². The molecule has 0 aliphatic rings. The number of anilines is 1. The fourth-order valence-electron chi connectivity index (χ4n) is 7.69. The maximum absolute atomic E-state index is 3.70. The second-order valence-electron chi connectivity index (χ2n) is 13.5. The Bertz CT molecular complexity index is 2700. The molecule has 0 fully saturated rings. The van der Waals surface area contributed by atoms with Gasteiger partial charge >= 0.3 is 0 Å². The Hall–Kier alpha value is -6.18. The topological polar surface area (TPSA) is 12.0 Å². The molecule has 0 heterocycles. The summed E-state index contributed by atoms with van der Waals surface area (Å²) in [5, 5.41) is 13.8. The van der Waals surface area contributed by atoms with E-state index in [0.29, 0.717) is 0 Å². The molecule has 0 saturated heterocycles. The average molecular weight is 640 g/mol. The lowest BCUT2D eigenvalue weighted by Gasteiger charge is -2.20. The Morgan fingerprint density at radius 3 is 1.48 bits per heavy atom. The van der Waals surface area contributed by atoms with Crippen LogP contribution in [0.1, 0.15) is 24.1 Å². The van der Waals surface area contributed by atoms with E-state index in [1.807, 2.05) is 0 Å². The molecule has 1 N–H and O–H groups in total. The van der Waals surface area contributed by atoms with E-state index in [1.165, 1.54) is 93.3 Å². The lowest BCUT2D eigenvalue weighted by Crippen LogP contribution is -2.07. The van der Waals surface area contributed by atoms with Gasteiger partial charge in [-0.1, -0.05) is 152 Å². The van der Waals surface area contributed by atoms with Crippen molar-refractivity contribution >= 4 is 48.8 Å². The summed E-state index contributed by atoms with van der Waals surface area (Å²) in [4.78, 5) is 0. The normalized spacial score (nSPS) is 12.1. The molecule has 1 unspecified atom stereocenters. The third kappa shape index (κ3) is 5.29. The third-order valence-corrected chi connectivity index (χ3v) is 10.4. The number of para-hydroxylation sites is 1. The Morgan fingerprint density at radius 1 is 0.380 bits per heavy atom. The Kier molecular flexibility index (Phi) is 7.40. The number of hydrogen-bond acceptors (Lipinski definition) is 1. The smallest absolute Gasteiger partial charge is 0.0485 e. The van der Waals surface area contributed by atoms with Crippen molar-refractivity contribution in [3.63, 3.8) is 0 Å². The van der Waals surface area contributed by atoms with Crippen LogP contribution in [0.4, 0.5) is 5.69 Å². The summed E-state index contributed by atoms with van der Waals surface area (Å²) in [6.45, 7) is 4.38. The zero-order valence-electron chi connectivity index (χ0n) is 28.3. The van der Waals surface area contributed by atoms with E-state index in [1.54, 1.807) is 0 Å². The van der Waals surface area contributed by atoms with E-state index in [9.17, 15) is 0 Å².